The topological polar surface area (TPSA) is 38.5 Å². The van der Waals surface area contributed by atoms with Gasteiger partial charge in [-0.25, -0.2) is 0 Å². The van der Waals surface area contributed by atoms with Crippen molar-refractivity contribution in [1.82, 2.24) is 0 Å². The molecule has 2 aromatic carbocycles. The van der Waals surface area contributed by atoms with Gasteiger partial charge in [0.25, 0.3) is 0 Å². The minimum absolute atomic E-state index is 0.545. The molecular formula is C18H22N2O. The van der Waals surface area contributed by atoms with Crippen LogP contribution >= 0.6 is 0 Å². The van der Waals surface area contributed by atoms with Crippen molar-refractivity contribution in [2.24, 2.45) is 0 Å². The summed E-state index contributed by atoms with van der Waals surface area (Å²) in [4.78, 5) is 2.47. The summed E-state index contributed by atoms with van der Waals surface area (Å²) in [5.74, 6) is 0.742. The monoisotopic (exact) mass is 282 g/mol. The van der Waals surface area contributed by atoms with Crippen molar-refractivity contribution >= 4 is 11.4 Å². The van der Waals surface area contributed by atoms with Crippen LogP contribution in [0.3, 0.4) is 0 Å². The van der Waals surface area contributed by atoms with E-state index in [4.69, 9.17) is 10.5 Å². The van der Waals surface area contributed by atoms with E-state index in [0.29, 0.717) is 11.7 Å². The molecule has 0 aromatic heterocycles. The van der Waals surface area contributed by atoms with Gasteiger partial charge < -0.3 is 15.4 Å². The number of hydrogen-bond acceptors (Lipinski definition) is 3. The van der Waals surface area contributed by atoms with Gasteiger partial charge in [0.15, 0.2) is 0 Å². The fraction of sp³-hybridized carbons (Fsp3) is 0.333. The zero-order valence-corrected chi connectivity index (χ0v) is 12.7. The van der Waals surface area contributed by atoms with Crippen molar-refractivity contribution in [1.29, 1.82) is 0 Å². The van der Waals surface area contributed by atoms with Gasteiger partial charge in [-0.3, -0.25) is 0 Å². The highest BCUT2D eigenvalue weighted by Crippen LogP contribution is 2.32. The largest absolute Gasteiger partial charge is 0.495 e. The number of benzene rings is 2. The molecule has 1 aliphatic heterocycles. The smallest absolute Gasteiger partial charge is 0.141 e. The van der Waals surface area contributed by atoms with Crippen LogP contribution in [0.4, 0.5) is 11.4 Å². The summed E-state index contributed by atoms with van der Waals surface area (Å²) in [6.45, 7) is 3.18. The minimum atomic E-state index is 0.545. The number of methoxy groups -OCH3 is 1. The molecule has 1 unspecified atom stereocenters. The van der Waals surface area contributed by atoms with Gasteiger partial charge in [-0.15, -0.1) is 0 Å². The Kier molecular flexibility index (Phi) is 3.74. The van der Waals surface area contributed by atoms with E-state index in [-0.39, 0.29) is 0 Å². The second kappa shape index (κ2) is 5.68. The van der Waals surface area contributed by atoms with Gasteiger partial charge in [-0.2, -0.15) is 0 Å². The van der Waals surface area contributed by atoms with Crippen LogP contribution in [0.5, 0.6) is 5.75 Å². The first kappa shape index (κ1) is 13.8. The van der Waals surface area contributed by atoms with Crippen molar-refractivity contribution in [3.8, 4) is 5.75 Å². The van der Waals surface area contributed by atoms with E-state index in [1.54, 1.807) is 7.11 Å². The first-order valence-electron chi connectivity index (χ1n) is 7.46. The number of nitrogens with zero attached hydrogens (tertiary/aromatic N) is 1. The maximum atomic E-state index is 6.02. The number of fused-ring (bicyclic) bond motifs is 1. The van der Waals surface area contributed by atoms with Gasteiger partial charge in [0.2, 0.25) is 0 Å². The molecule has 0 spiro atoms. The van der Waals surface area contributed by atoms with Crippen LogP contribution in [0, 0.1) is 0 Å². The number of nitrogens with two attached hydrogens (primary N) is 1. The molecule has 21 heavy (non-hydrogen) atoms. The normalized spacial score (nSPS) is 17.4. The molecule has 0 saturated carbocycles. The quantitative estimate of drug-likeness (QED) is 0.874. The van der Waals surface area contributed by atoms with Crippen LogP contribution < -0.4 is 15.4 Å². The van der Waals surface area contributed by atoms with Crippen molar-refractivity contribution in [2.45, 2.75) is 32.4 Å². The fourth-order valence-corrected chi connectivity index (χ4v) is 3.08. The van der Waals surface area contributed by atoms with Gasteiger partial charge >= 0.3 is 0 Å². The van der Waals surface area contributed by atoms with Crippen molar-refractivity contribution in [3.05, 3.63) is 53.6 Å². The molecule has 1 heterocycles. The molecule has 0 radical (unpaired) electrons. The minimum Gasteiger partial charge on any atom is -0.495 e. The van der Waals surface area contributed by atoms with Crippen molar-refractivity contribution in [2.75, 3.05) is 17.7 Å². The average Bonchev–Trinajstić information content (AvgIpc) is 2.50. The first-order chi connectivity index (χ1) is 10.2. The molecule has 3 heteroatoms. The second-order valence-corrected chi connectivity index (χ2v) is 5.72. The van der Waals surface area contributed by atoms with E-state index in [0.717, 1.165) is 12.3 Å². The Morgan fingerprint density at radius 3 is 2.81 bits per heavy atom. The maximum absolute atomic E-state index is 6.02. The fourth-order valence-electron chi connectivity index (χ4n) is 3.08. The molecule has 1 atom stereocenters. The first-order valence-corrected chi connectivity index (χ1v) is 7.46. The Balaban J connectivity index is 1.89. The highest BCUT2D eigenvalue weighted by Gasteiger charge is 2.22. The molecule has 0 amide bonds. The lowest BCUT2D eigenvalue weighted by molar-refractivity contribution is 0.417. The summed E-state index contributed by atoms with van der Waals surface area (Å²) in [7, 11) is 1.65. The molecule has 2 aromatic rings. The van der Waals surface area contributed by atoms with Crippen LogP contribution in [0.25, 0.3) is 0 Å². The zero-order valence-electron chi connectivity index (χ0n) is 12.7. The van der Waals surface area contributed by atoms with Crippen LogP contribution in [0.15, 0.2) is 42.5 Å². The van der Waals surface area contributed by atoms with E-state index in [1.165, 1.54) is 29.7 Å². The molecule has 2 N–H and O–H groups in total. The van der Waals surface area contributed by atoms with Gasteiger partial charge in [-0.05, 0) is 49.1 Å². The number of aryl methyl sites for hydroxylation is 1. The molecule has 0 fully saturated rings. The third-order valence-corrected chi connectivity index (χ3v) is 4.31. The Bertz CT molecular complexity index is 639. The zero-order chi connectivity index (χ0) is 14.8. The molecular weight excluding hydrogens is 260 g/mol. The van der Waals surface area contributed by atoms with Crippen LogP contribution in [-0.2, 0) is 13.0 Å². The molecule has 3 rings (SSSR count). The molecule has 1 aliphatic rings. The molecule has 0 bridgehead atoms. The summed E-state index contributed by atoms with van der Waals surface area (Å²) in [5.41, 5.74) is 10.7. The van der Waals surface area contributed by atoms with Gasteiger partial charge in [0.05, 0.1) is 12.8 Å². The van der Waals surface area contributed by atoms with E-state index in [9.17, 15) is 0 Å². The summed E-state index contributed by atoms with van der Waals surface area (Å²) >= 11 is 0. The third kappa shape index (κ3) is 2.68. The number of rotatable bonds is 3. The van der Waals surface area contributed by atoms with Gasteiger partial charge in [0, 0.05) is 18.3 Å². The number of anilines is 2. The van der Waals surface area contributed by atoms with E-state index in [1.807, 2.05) is 12.1 Å². The SMILES string of the molecule is COc1ccc(CN2c3ccccc3CCC2C)cc1N. The lowest BCUT2D eigenvalue weighted by atomic mass is 9.96. The molecule has 0 aliphatic carbocycles. The van der Waals surface area contributed by atoms with E-state index < -0.39 is 0 Å². The average molecular weight is 282 g/mol. The predicted molar refractivity (Wildman–Crippen MR) is 87.8 cm³/mol. The highest BCUT2D eigenvalue weighted by atomic mass is 16.5. The van der Waals surface area contributed by atoms with Crippen LogP contribution in [0.2, 0.25) is 0 Å². The molecule has 3 nitrogen and oxygen atoms in total. The molecule has 110 valence electrons. The van der Waals surface area contributed by atoms with E-state index in [2.05, 4.69) is 42.2 Å². The standard InChI is InChI=1S/C18H22N2O/c1-13-7-9-15-5-3-4-6-17(15)20(13)12-14-8-10-18(21-2)16(19)11-14/h3-6,8,10-11,13H,7,9,12,19H2,1-2H3. The van der Waals surface area contributed by atoms with Gasteiger partial charge in [0.1, 0.15) is 5.75 Å². The van der Waals surface area contributed by atoms with Crippen LogP contribution in [0.1, 0.15) is 24.5 Å². The lowest BCUT2D eigenvalue weighted by Crippen LogP contribution is -2.36. The van der Waals surface area contributed by atoms with Crippen molar-refractivity contribution in [3.63, 3.8) is 0 Å². The Labute approximate surface area is 126 Å². The summed E-state index contributed by atoms with van der Waals surface area (Å²) in [6, 6.07) is 15.3. The summed E-state index contributed by atoms with van der Waals surface area (Å²) < 4.78 is 5.23. The van der Waals surface area contributed by atoms with E-state index >= 15 is 0 Å². The Morgan fingerprint density at radius 2 is 2.05 bits per heavy atom. The maximum Gasteiger partial charge on any atom is 0.141 e. The van der Waals surface area contributed by atoms with Crippen LogP contribution in [-0.4, -0.2) is 13.2 Å². The molecule has 0 saturated heterocycles. The second-order valence-electron chi connectivity index (χ2n) is 5.72. The number of nitrogen functional groups attached to an aromatic ring is 1. The lowest BCUT2D eigenvalue weighted by Gasteiger charge is -2.37. The van der Waals surface area contributed by atoms with Crippen molar-refractivity contribution < 1.29 is 4.74 Å². The van der Waals surface area contributed by atoms with Gasteiger partial charge in [-0.1, -0.05) is 24.3 Å². The number of para-hydroxylation sites is 1. The number of ether oxygens (including phenoxy) is 1. The Morgan fingerprint density at radius 1 is 1.24 bits per heavy atom. The predicted octanol–water partition coefficient (Wildman–Crippen LogP) is 3.62. The summed E-state index contributed by atoms with van der Waals surface area (Å²) in [6.07, 6.45) is 2.36. The third-order valence-electron chi connectivity index (χ3n) is 4.31. The Hall–Kier alpha value is -2.16. The number of hydrogen-bond donors (Lipinski definition) is 1. The highest BCUT2D eigenvalue weighted by molar-refractivity contribution is 5.58. The summed E-state index contributed by atoms with van der Waals surface area (Å²) in [5, 5.41) is 0.